The smallest absolute Gasteiger partial charge is 0.312 e. The normalized spacial score (nSPS) is 12.4. The summed E-state index contributed by atoms with van der Waals surface area (Å²) in [6, 6.07) is 10.3. The third-order valence-corrected chi connectivity index (χ3v) is 10.6. The Morgan fingerprint density at radius 3 is 1.69 bits per heavy atom. The molecule has 282 valence electrons. The van der Waals surface area contributed by atoms with Crippen molar-refractivity contribution in [3.63, 3.8) is 0 Å². The number of rotatable bonds is 32. The Bertz CT molecular complexity index is 992. The van der Waals surface area contributed by atoms with Gasteiger partial charge >= 0.3 is 11.9 Å². The van der Waals surface area contributed by atoms with Gasteiger partial charge in [0.25, 0.3) is 0 Å². The summed E-state index contributed by atoms with van der Waals surface area (Å²) >= 11 is 1.55. The predicted octanol–water partition coefficient (Wildman–Crippen LogP) is 12.2. The van der Waals surface area contributed by atoms with Gasteiger partial charge in [-0.1, -0.05) is 147 Å². The van der Waals surface area contributed by atoms with Crippen molar-refractivity contribution < 1.29 is 28.8 Å². The van der Waals surface area contributed by atoms with Crippen molar-refractivity contribution >= 4 is 23.7 Å². The molecule has 0 aromatic heterocycles. The zero-order valence-corrected chi connectivity index (χ0v) is 33.1. The lowest BCUT2D eigenvalue weighted by Gasteiger charge is -2.27. The summed E-state index contributed by atoms with van der Waals surface area (Å²) in [4.78, 5) is 35.9. The Morgan fingerprint density at radius 2 is 1.16 bits per heavy atom. The molecule has 1 rings (SSSR count). The molecule has 49 heavy (non-hydrogen) atoms. The SMILES string of the molecule is C=C(CSCC(C)(C)C(=O)OCCCCCCCCCCCCCCCCCC)OOCCOC(=O)C(C)(C)CC(CC)c1ccccc1. The first-order valence-electron chi connectivity index (χ1n) is 19.5. The fourth-order valence-electron chi connectivity index (χ4n) is 5.92. The Labute approximate surface area is 305 Å². The molecule has 0 aliphatic rings. The molecule has 0 aliphatic carbocycles. The van der Waals surface area contributed by atoms with Gasteiger partial charge in [-0.3, -0.25) is 9.59 Å². The van der Waals surface area contributed by atoms with Crippen LogP contribution in [-0.4, -0.2) is 43.3 Å². The Hall–Kier alpha value is -1.99. The molecule has 0 bridgehead atoms. The minimum absolute atomic E-state index is 0.100. The highest BCUT2D eigenvalue weighted by Gasteiger charge is 2.33. The molecule has 0 aliphatic heterocycles. The standard InChI is InChI=1S/C42H72O6S/c1-8-10-11-12-13-14-15-16-17-18-19-20-21-22-23-27-30-45-40(44)42(6,7)35-49-34-36(3)48-47-32-31-46-39(43)41(4,5)33-37(9-2)38-28-25-24-26-29-38/h24-26,28-29,37H,3,8-23,27,30-35H2,1-2,4-7H3. The maximum atomic E-state index is 12.8. The number of hydrogen-bond donors (Lipinski definition) is 0. The minimum Gasteiger partial charge on any atom is -0.465 e. The summed E-state index contributed by atoms with van der Waals surface area (Å²) in [5.41, 5.74) is 0.0288. The molecule has 0 N–H and O–H groups in total. The fourth-order valence-corrected chi connectivity index (χ4v) is 6.93. The number of carbonyl (C=O) groups excluding carboxylic acids is 2. The number of carbonyl (C=O) groups is 2. The van der Waals surface area contributed by atoms with Gasteiger partial charge in [0.15, 0.2) is 0 Å². The average molecular weight is 705 g/mol. The van der Waals surface area contributed by atoms with E-state index in [1.54, 1.807) is 11.8 Å². The Balaban J connectivity index is 2.04. The summed E-state index contributed by atoms with van der Waals surface area (Å²) in [5.74, 6) is 1.40. The van der Waals surface area contributed by atoms with E-state index in [0.717, 1.165) is 19.3 Å². The molecule has 0 heterocycles. The summed E-state index contributed by atoms with van der Waals surface area (Å²) in [6.07, 6.45) is 22.9. The quantitative estimate of drug-likeness (QED) is 0.0243. The van der Waals surface area contributed by atoms with Gasteiger partial charge in [-0.2, -0.15) is 16.6 Å². The summed E-state index contributed by atoms with van der Waals surface area (Å²) in [5, 5.41) is 0. The predicted molar refractivity (Wildman–Crippen MR) is 207 cm³/mol. The zero-order chi connectivity index (χ0) is 36.2. The Kier molecular flexibility index (Phi) is 25.5. The van der Waals surface area contributed by atoms with Crippen molar-refractivity contribution in [3.8, 4) is 0 Å². The topological polar surface area (TPSA) is 71.1 Å². The van der Waals surface area contributed by atoms with Crippen LogP contribution in [0.25, 0.3) is 0 Å². The second-order valence-electron chi connectivity index (χ2n) is 15.0. The molecule has 1 unspecified atom stereocenters. The van der Waals surface area contributed by atoms with E-state index in [1.807, 2.05) is 45.9 Å². The summed E-state index contributed by atoms with van der Waals surface area (Å²) in [6.45, 7) is 16.7. The van der Waals surface area contributed by atoms with Gasteiger partial charge in [0, 0.05) is 5.75 Å². The molecule has 0 radical (unpaired) electrons. The molecular weight excluding hydrogens is 633 g/mol. The van der Waals surface area contributed by atoms with Crippen molar-refractivity contribution in [2.45, 2.75) is 163 Å². The van der Waals surface area contributed by atoms with E-state index >= 15 is 0 Å². The maximum Gasteiger partial charge on any atom is 0.312 e. The fraction of sp³-hybridized carbons (Fsp3) is 0.762. The first-order chi connectivity index (χ1) is 23.5. The third-order valence-electron chi connectivity index (χ3n) is 9.16. The highest BCUT2D eigenvalue weighted by molar-refractivity contribution is 7.99. The van der Waals surface area contributed by atoms with E-state index in [1.165, 1.54) is 95.5 Å². The monoisotopic (exact) mass is 705 g/mol. The van der Waals surface area contributed by atoms with Crippen LogP contribution < -0.4 is 0 Å². The molecule has 0 saturated heterocycles. The lowest BCUT2D eigenvalue weighted by molar-refractivity contribution is -0.265. The van der Waals surface area contributed by atoms with Crippen molar-refractivity contribution in [1.82, 2.24) is 0 Å². The number of unbranched alkanes of at least 4 members (excludes halogenated alkanes) is 15. The molecule has 0 saturated carbocycles. The van der Waals surface area contributed by atoms with E-state index in [2.05, 4.69) is 32.6 Å². The maximum absolute atomic E-state index is 12.8. The number of benzene rings is 1. The Morgan fingerprint density at radius 1 is 0.673 bits per heavy atom. The van der Waals surface area contributed by atoms with Crippen molar-refractivity contribution in [2.75, 3.05) is 31.3 Å². The van der Waals surface area contributed by atoms with Crippen LogP contribution in [0.2, 0.25) is 0 Å². The van der Waals surface area contributed by atoms with Gasteiger partial charge in [-0.05, 0) is 58.4 Å². The summed E-state index contributed by atoms with van der Waals surface area (Å²) in [7, 11) is 0. The van der Waals surface area contributed by atoms with Crippen LogP contribution in [0.4, 0.5) is 0 Å². The van der Waals surface area contributed by atoms with Crippen LogP contribution >= 0.6 is 11.8 Å². The molecule has 0 spiro atoms. The van der Waals surface area contributed by atoms with Crippen LogP contribution in [0, 0.1) is 10.8 Å². The number of thioether (sulfide) groups is 1. The van der Waals surface area contributed by atoms with Crippen molar-refractivity contribution in [3.05, 3.63) is 48.2 Å². The van der Waals surface area contributed by atoms with E-state index in [9.17, 15) is 9.59 Å². The zero-order valence-electron chi connectivity index (χ0n) is 32.3. The van der Waals surface area contributed by atoms with Crippen molar-refractivity contribution in [2.24, 2.45) is 10.8 Å². The molecular formula is C42H72O6S. The van der Waals surface area contributed by atoms with E-state index in [-0.39, 0.29) is 25.2 Å². The van der Waals surface area contributed by atoms with Crippen molar-refractivity contribution in [1.29, 1.82) is 0 Å². The molecule has 7 heteroatoms. The van der Waals surface area contributed by atoms with Crippen LogP contribution in [-0.2, 0) is 28.8 Å². The lowest BCUT2D eigenvalue weighted by Crippen LogP contribution is -2.30. The molecule has 1 atom stereocenters. The molecule has 6 nitrogen and oxygen atoms in total. The third kappa shape index (κ3) is 22.4. The first-order valence-corrected chi connectivity index (χ1v) is 20.6. The molecule has 1 aromatic rings. The number of esters is 2. The highest BCUT2D eigenvalue weighted by atomic mass is 32.2. The minimum atomic E-state index is -0.614. The number of hydrogen-bond acceptors (Lipinski definition) is 7. The molecule has 0 fully saturated rings. The van der Waals surface area contributed by atoms with Gasteiger partial charge in [-0.25, -0.2) is 0 Å². The van der Waals surface area contributed by atoms with Gasteiger partial charge in [0.2, 0.25) is 0 Å². The van der Waals surface area contributed by atoms with E-state index in [4.69, 9.17) is 19.2 Å². The molecule has 0 amide bonds. The van der Waals surface area contributed by atoms with E-state index in [0.29, 0.717) is 36.2 Å². The van der Waals surface area contributed by atoms with Gasteiger partial charge in [0.1, 0.15) is 19.0 Å². The van der Waals surface area contributed by atoms with Gasteiger partial charge in [0.05, 0.1) is 23.2 Å². The van der Waals surface area contributed by atoms with Crippen LogP contribution in [0.1, 0.15) is 169 Å². The van der Waals surface area contributed by atoms with Crippen LogP contribution in [0.3, 0.4) is 0 Å². The average Bonchev–Trinajstić information content (AvgIpc) is 3.08. The second-order valence-corrected chi connectivity index (χ2v) is 16.0. The summed E-state index contributed by atoms with van der Waals surface area (Å²) < 4.78 is 11.1. The van der Waals surface area contributed by atoms with E-state index < -0.39 is 10.8 Å². The van der Waals surface area contributed by atoms with Crippen LogP contribution in [0.5, 0.6) is 0 Å². The van der Waals surface area contributed by atoms with Gasteiger partial charge in [-0.15, -0.1) is 0 Å². The lowest BCUT2D eigenvalue weighted by atomic mass is 9.79. The highest BCUT2D eigenvalue weighted by Crippen LogP contribution is 2.35. The first kappa shape index (κ1) is 45.0. The largest absolute Gasteiger partial charge is 0.465 e. The number of ether oxygens (including phenoxy) is 2. The molecule has 1 aromatic carbocycles. The van der Waals surface area contributed by atoms with Crippen LogP contribution in [0.15, 0.2) is 42.7 Å². The van der Waals surface area contributed by atoms with Gasteiger partial charge < -0.3 is 14.4 Å². The second kappa shape index (κ2) is 27.7.